The average molecular weight is 264 g/mol. The van der Waals surface area contributed by atoms with Crippen LogP contribution in [0.15, 0.2) is 18.2 Å². The number of nitrogens with zero attached hydrogens (tertiary/aromatic N) is 1. The minimum atomic E-state index is -0.133. The van der Waals surface area contributed by atoms with E-state index in [1.807, 2.05) is 0 Å². The van der Waals surface area contributed by atoms with Gasteiger partial charge < -0.3 is 10.2 Å². The summed E-state index contributed by atoms with van der Waals surface area (Å²) >= 11 is 0. The maximum atomic E-state index is 13.8. The molecule has 1 saturated carbocycles. The van der Waals surface area contributed by atoms with Crippen molar-refractivity contribution in [3.63, 3.8) is 0 Å². The fraction of sp³-hybridized carbons (Fsp3) is 0.625. The Labute approximate surface area is 116 Å². The topological polar surface area (TPSA) is 15.3 Å². The van der Waals surface area contributed by atoms with Crippen LogP contribution >= 0.6 is 0 Å². The lowest BCUT2D eigenvalue weighted by Gasteiger charge is -2.29. The first-order valence-corrected chi connectivity index (χ1v) is 7.39. The van der Waals surface area contributed by atoms with Crippen LogP contribution in [0.1, 0.15) is 45.6 Å². The molecule has 3 heteroatoms. The van der Waals surface area contributed by atoms with Crippen molar-refractivity contribution in [1.29, 1.82) is 0 Å². The second-order valence-electron chi connectivity index (χ2n) is 5.76. The van der Waals surface area contributed by atoms with Crippen molar-refractivity contribution in [3.05, 3.63) is 29.6 Å². The van der Waals surface area contributed by atoms with Gasteiger partial charge >= 0.3 is 0 Å². The van der Waals surface area contributed by atoms with Crippen LogP contribution < -0.4 is 10.2 Å². The number of anilines is 1. The normalized spacial score (nSPS) is 15.0. The second-order valence-corrected chi connectivity index (χ2v) is 5.76. The molecule has 106 valence electrons. The van der Waals surface area contributed by atoms with Gasteiger partial charge in [-0.15, -0.1) is 0 Å². The summed E-state index contributed by atoms with van der Waals surface area (Å²) in [4.78, 5) is 2.27. The van der Waals surface area contributed by atoms with E-state index in [1.54, 1.807) is 12.1 Å². The molecule has 0 spiro atoms. The van der Waals surface area contributed by atoms with Gasteiger partial charge in [-0.05, 0) is 56.9 Å². The first-order valence-electron chi connectivity index (χ1n) is 7.39. The van der Waals surface area contributed by atoms with E-state index < -0.39 is 0 Å². The van der Waals surface area contributed by atoms with Crippen LogP contribution in [0.25, 0.3) is 0 Å². The molecule has 0 aromatic heterocycles. The lowest BCUT2D eigenvalue weighted by molar-refractivity contribution is 0.613. The molecule has 19 heavy (non-hydrogen) atoms. The molecule has 0 amide bonds. The van der Waals surface area contributed by atoms with E-state index in [1.165, 1.54) is 12.8 Å². The highest BCUT2D eigenvalue weighted by molar-refractivity contribution is 5.49. The zero-order valence-corrected chi connectivity index (χ0v) is 12.2. The summed E-state index contributed by atoms with van der Waals surface area (Å²) in [6.07, 6.45) is 3.59. The Morgan fingerprint density at radius 1 is 1.32 bits per heavy atom. The monoisotopic (exact) mass is 264 g/mol. The van der Waals surface area contributed by atoms with Crippen molar-refractivity contribution in [2.45, 2.75) is 58.7 Å². The van der Waals surface area contributed by atoms with E-state index in [2.05, 4.69) is 37.1 Å². The predicted molar refractivity (Wildman–Crippen MR) is 79.0 cm³/mol. The molecule has 0 bridgehead atoms. The maximum absolute atomic E-state index is 13.8. The first kappa shape index (κ1) is 14.3. The molecule has 0 saturated heterocycles. The predicted octanol–water partition coefficient (Wildman–Crippen LogP) is 3.70. The van der Waals surface area contributed by atoms with E-state index in [-0.39, 0.29) is 5.82 Å². The lowest BCUT2D eigenvalue weighted by atomic mass is 10.1. The van der Waals surface area contributed by atoms with Gasteiger partial charge in [0.1, 0.15) is 5.82 Å². The van der Waals surface area contributed by atoms with Crippen LogP contribution in [-0.4, -0.2) is 18.6 Å². The summed E-state index contributed by atoms with van der Waals surface area (Å²) in [5.41, 5.74) is 2.05. The number of benzene rings is 1. The van der Waals surface area contributed by atoms with E-state index in [0.717, 1.165) is 30.8 Å². The average Bonchev–Trinajstić information content (AvgIpc) is 3.16. The molecule has 1 aromatic carbocycles. The third kappa shape index (κ3) is 4.20. The van der Waals surface area contributed by atoms with Crippen molar-refractivity contribution >= 4 is 5.69 Å². The van der Waals surface area contributed by atoms with Gasteiger partial charge in [-0.3, -0.25) is 0 Å². The zero-order chi connectivity index (χ0) is 13.8. The highest BCUT2D eigenvalue weighted by Crippen LogP contribution is 2.23. The number of rotatable bonds is 7. The first-order chi connectivity index (χ1) is 9.10. The molecule has 1 N–H and O–H groups in total. The number of nitrogens with one attached hydrogen (secondary N) is 1. The van der Waals surface area contributed by atoms with Crippen molar-refractivity contribution < 1.29 is 4.39 Å². The van der Waals surface area contributed by atoms with E-state index in [4.69, 9.17) is 0 Å². The van der Waals surface area contributed by atoms with Gasteiger partial charge in [-0.25, -0.2) is 4.39 Å². The Hall–Kier alpha value is -1.09. The molecule has 1 aromatic rings. The molecule has 2 nitrogen and oxygen atoms in total. The van der Waals surface area contributed by atoms with Gasteiger partial charge in [0.15, 0.2) is 0 Å². The molecule has 2 rings (SSSR count). The van der Waals surface area contributed by atoms with Crippen molar-refractivity contribution in [2.75, 3.05) is 11.4 Å². The Kier molecular flexibility index (Phi) is 4.81. The standard InChI is InChI=1S/C16H25FN2/c1-4-7-19(12(2)3)16-9-13(8-14(17)10-16)11-18-15-5-6-15/h8-10,12,15,18H,4-7,11H2,1-3H3. The van der Waals surface area contributed by atoms with Gasteiger partial charge in [0.25, 0.3) is 0 Å². The van der Waals surface area contributed by atoms with Crippen LogP contribution in [0, 0.1) is 5.82 Å². The molecule has 0 radical (unpaired) electrons. The highest BCUT2D eigenvalue weighted by atomic mass is 19.1. The SMILES string of the molecule is CCCN(c1cc(F)cc(CNC2CC2)c1)C(C)C. The minimum Gasteiger partial charge on any atom is -0.369 e. The van der Waals surface area contributed by atoms with Gasteiger partial charge in [-0.1, -0.05) is 6.92 Å². The van der Waals surface area contributed by atoms with Crippen LogP contribution in [0.5, 0.6) is 0 Å². The molecule has 0 heterocycles. The fourth-order valence-corrected chi connectivity index (χ4v) is 2.38. The van der Waals surface area contributed by atoms with Crippen LogP contribution in [0.2, 0.25) is 0 Å². The number of hydrogen-bond acceptors (Lipinski definition) is 2. The van der Waals surface area contributed by atoms with E-state index >= 15 is 0 Å². The van der Waals surface area contributed by atoms with Crippen molar-refractivity contribution in [1.82, 2.24) is 5.32 Å². The summed E-state index contributed by atoms with van der Waals surface area (Å²) in [6, 6.07) is 6.46. The quantitative estimate of drug-likeness (QED) is 0.807. The van der Waals surface area contributed by atoms with E-state index in [0.29, 0.717) is 12.1 Å². The van der Waals surface area contributed by atoms with Crippen molar-refractivity contribution in [3.8, 4) is 0 Å². The molecule has 1 fully saturated rings. The summed E-state index contributed by atoms with van der Waals surface area (Å²) in [7, 11) is 0. The molecule has 1 aliphatic rings. The van der Waals surface area contributed by atoms with Gasteiger partial charge in [0.2, 0.25) is 0 Å². The molecule has 0 aliphatic heterocycles. The zero-order valence-electron chi connectivity index (χ0n) is 12.2. The summed E-state index contributed by atoms with van der Waals surface area (Å²) < 4.78 is 13.8. The Morgan fingerprint density at radius 3 is 2.63 bits per heavy atom. The van der Waals surface area contributed by atoms with Crippen LogP contribution in [0.3, 0.4) is 0 Å². The summed E-state index contributed by atoms with van der Waals surface area (Å²) in [5.74, 6) is -0.133. The smallest absolute Gasteiger partial charge is 0.125 e. The lowest BCUT2D eigenvalue weighted by Crippen LogP contribution is -2.31. The Morgan fingerprint density at radius 2 is 2.05 bits per heavy atom. The molecule has 0 atom stereocenters. The van der Waals surface area contributed by atoms with Gasteiger partial charge in [0.05, 0.1) is 0 Å². The Balaban J connectivity index is 2.12. The summed E-state index contributed by atoms with van der Waals surface area (Å²) in [5, 5.41) is 3.44. The molecular formula is C16H25FN2. The number of halogens is 1. The van der Waals surface area contributed by atoms with Gasteiger partial charge in [0, 0.05) is 30.9 Å². The van der Waals surface area contributed by atoms with E-state index in [9.17, 15) is 4.39 Å². The minimum absolute atomic E-state index is 0.133. The van der Waals surface area contributed by atoms with Crippen LogP contribution in [0.4, 0.5) is 10.1 Å². The third-order valence-electron chi connectivity index (χ3n) is 3.53. The summed E-state index contributed by atoms with van der Waals surface area (Å²) in [6.45, 7) is 8.21. The maximum Gasteiger partial charge on any atom is 0.125 e. The van der Waals surface area contributed by atoms with Crippen LogP contribution in [-0.2, 0) is 6.54 Å². The Bertz CT molecular complexity index is 413. The second kappa shape index (κ2) is 6.38. The molecular weight excluding hydrogens is 239 g/mol. The molecule has 1 aliphatic carbocycles. The van der Waals surface area contributed by atoms with Gasteiger partial charge in [-0.2, -0.15) is 0 Å². The third-order valence-corrected chi connectivity index (χ3v) is 3.53. The highest BCUT2D eigenvalue weighted by Gasteiger charge is 2.20. The largest absolute Gasteiger partial charge is 0.369 e. The number of hydrogen-bond donors (Lipinski definition) is 1. The van der Waals surface area contributed by atoms with Crippen molar-refractivity contribution in [2.24, 2.45) is 0 Å². The fourth-order valence-electron chi connectivity index (χ4n) is 2.38. The molecule has 0 unspecified atom stereocenters.